The lowest BCUT2D eigenvalue weighted by molar-refractivity contribution is 0.0996. The van der Waals surface area contributed by atoms with E-state index in [0.717, 1.165) is 5.56 Å². The molecule has 2 aromatic carbocycles. The van der Waals surface area contributed by atoms with Crippen molar-refractivity contribution in [3.8, 4) is 11.5 Å². The molecule has 0 spiro atoms. The van der Waals surface area contributed by atoms with E-state index in [1.165, 1.54) is 11.8 Å². The van der Waals surface area contributed by atoms with Crippen molar-refractivity contribution in [1.29, 1.82) is 0 Å². The van der Waals surface area contributed by atoms with Crippen molar-refractivity contribution in [2.45, 2.75) is 6.92 Å². The van der Waals surface area contributed by atoms with Gasteiger partial charge in [-0.2, -0.15) is 0 Å². The summed E-state index contributed by atoms with van der Waals surface area (Å²) in [6, 6.07) is 16.6. The number of carbonyl (C=O) groups is 1. The number of oxazole rings is 1. The molecule has 0 radical (unpaired) electrons. The Kier molecular flexibility index (Phi) is 3.39. The van der Waals surface area contributed by atoms with E-state index in [1.54, 1.807) is 30.3 Å². The Balaban J connectivity index is 1.63. The fraction of sp³-hybridized carbons (Fsp3) is 0.0526. The molecule has 1 N–H and O–H groups in total. The van der Waals surface area contributed by atoms with Crippen LogP contribution in [0.3, 0.4) is 0 Å². The maximum absolute atomic E-state index is 12.0. The van der Waals surface area contributed by atoms with Crippen LogP contribution >= 0.6 is 0 Å². The molecule has 118 valence electrons. The minimum atomic E-state index is -0.304. The largest absolute Gasteiger partial charge is 0.459 e. The molecule has 24 heavy (non-hydrogen) atoms. The number of furan rings is 1. The summed E-state index contributed by atoms with van der Waals surface area (Å²) in [6.07, 6.45) is 1.46. The molecule has 0 aliphatic rings. The van der Waals surface area contributed by atoms with Gasteiger partial charge in [0.15, 0.2) is 11.3 Å². The Hall–Kier alpha value is -3.34. The molecule has 0 atom stereocenters. The van der Waals surface area contributed by atoms with Crippen LogP contribution in [-0.2, 0) is 0 Å². The quantitative estimate of drug-likeness (QED) is 0.597. The lowest BCUT2D eigenvalue weighted by atomic mass is 10.1. The van der Waals surface area contributed by atoms with E-state index in [0.29, 0.717) is 22.7 Å². The van der Waals surface area contributed by atoms with Crippen LogP contribution in [0.15, 0.2) is 69.7 Å². The van der Waals surface area contributed by atoms with Gasteiger partial charge in [-0.05, 0) is 49.4 Å². The van der Waals surface area contributed by atoms with Gasteiger partial charge >= 0.3 is 0 Å². The van der Waals surface area contributed by atoms with E-state index in [-0.39, 0.29) is 11.7 Å². The predicted octanol–water partition coefficient (Wildman–Crippen LogP) is 4.65. The SMILES string of the molecule is Cc1ccc(-c2nc3cc(NC(=O)c4ccco4)ccc3o2)cc1. The Morgan fingerprint density at radius 3 is 2.67 bits per heavy atom. The molecule has 0 aliphatic carbocycles. The lowest BCUT2D eigenvalue weighted by Gasteiger charge is -2.01. The van der Waals surface area contributed by atoms with Crippen LogP contribution < -0.4 is 5.32 Å². The zero-order chi connectivity index (χ0) is 16.5. The fourth-order valence-electron chi connectivity index (χ4n) is 2.43. The smallest absolute Gasteiger partial charge is 0.291 e. The Morgan fingerprint density at radius 2 is 1.92 bits per heavy atom. The van der Waals surface area contributed by atoms with Gasteiger partial charge in [0.05, 0.1) is 6.26 Å². The van der Waals surface area contributed by atoms with Crippen molar-refractivity contribution in [2.75, 3.05) is 5.32 Å². The van der Waals surface area contributed by atoms with Crippen molar-refractivity contribution in [1.82, 2.24) is 4.98 Å². The van der Waals surface area contributed by atoms with Gasteiger partial charge in [0.1, 0.15) is 5.52 Å². The molecule has 0 fully saturated rings. The number of nitrogens with zero attached hydrogens (tertiary/aromatic N) is 1. The number of nitrogens with one attached hydrogen (secondary N) is 1. The summed E-state index contributed by atoms with van der Waals surface area (Å²) in [6.45, 7) is 2.03. The second kappa shape index (κ2) is 5.70. The summed E-state index contributed by atoms with van der Waals surface area (Å²) in [5.74, 6) is 0.511. The molecule has 0 unspecified atom stereocenters. The van der Waals surface area contributed by atoms with Gasteiger partial charge in [-0.1, -0.05) is 17.7 Å². The average Bonchev–Trinajstić information content (AvgIpc) is 3.24. The first kappa shape index (κ1) is 14.3. The highest BCUT2D eigenvalue weighted by Gasteiger charge is 2.12. The van der Waals surface area contributed by atoms with Crippen LogP contribution in [0.2, 0.25) is 0 Å². The number of hydrogen-bond donors (Lipinski definition) is 1. The third kappa shape index (κ3) is 2.67. The molecular formula is C19H14N2O3. The van der Waals surface area contributed by atoms with Crippen LogP contribution in [0.1, 0.15) is 16.1 Å². The zero-order valence-corrected chi connectivity index (χ0v) is 12.9. The second-order valence-corrected chi connectivity index (χ2v) is 5.50. The van der Waals surface area contributed by atoms with Crippen LogP contribution in [0.25, 0.3) is 22.6 Å². The summed E-state index contributed by atoms with van der Waals surface area (Å²) in [5, 5.41) is 2.78. The number of hydrogen-bond acceptors (Lipinski definition) is 4. The number of carbonyl (C=O) groups excluding carboxylic acids is 1. The third-order valence-corrected chi connectivity index (χ3v) is 3.69. The van der Waals surface area contributed by atoms with Gasteiger partial charge in [-0.3, -0.25) is 4.79 Å². The van der Waals surface area contributed by atoms with Crippen molar-refractivity contribution in [3.05, 3.63) is 72.2 Å². The molecule has 0 bridgehead atoms. The third-order valence-electron chi connectivity index (χ3n) is 3.69. The van der Waals surface area contributed by atoms with Crippen molar-refractivity contribution in [3.63, 3.8) is 0 Å². The molecular weight excluding hydrogens is 304 g/mol. The molecule has 5 nitrogen and oxygen atoms in total. The fourth-order valence-corrected chi connectivity index (χ4v) is 2.43. The highest BCUT2D eigenvalue weighted by atomic mass is 16.3. The molecule has 2 aromatic heterocycles. The van der Waals surface area contributed by atoms with Gasteiger partial charge in [0, 0.05) is 11.3 Å². The first-order valence-corrected chi connectivity index (χ1v) is 7.51. The second-order valence-electron chi connectivity index (χ2n) is 5.50. The van der Waals surface area contributed by atoms with Gasteiger partial charge in [0.25, 0.3) is 5.91 Å². The summed E-state index contributed by atoms with van der Waals surface area (Å²) >= 11 is 0. The molecule has 0 saturated heterocycles. The number of benzene rings is 2. The van der Waals surface area contributed by atoms with Crippen molar-refractivity contribution in [2.24, 2.45) is 0 Å². The minimum absolute atomic E-state index is 0.260. The summed E-state index contributed by atoms with van der Waals surface area (Å²) < 4.78 is 10.9. The number of fused-ring (bicyclic) bond motifs is 1. The molecule has 4 aromatic rings. The average molecular weight is 318 g/mol. The topological polar surface area (TPSA) is 68.3 Å². The van der Waals surface area contributed by atoms with Crippen molar-refractivity contribution >= 4 is 22.7 Å². The number of aryl methyl sites for hydroxylation is 1. The highest BCUT2D eigenvalue weighted by molar-refractivity contribution is 6.03. The van der Waals surface area contributed by atoms with Gasteiger partial charge in [-0.25, -0.2) is 4.98 Å². The number of aromatic nitrogens is 1. The number of anilines is 1. The van der Waals surface area contributed by atoms with Gasteiger partial charge in [-0.15, -0.1) is 0 Å². The Labute approximate surface area is 137 Å². The van der Waals surface area contributed by atoms with Crippen LogP contribution in [0.4, 0.5) is 5.69 Å². The first-order valence-electron chi connectivity index (χ1n) is 7.51. The zero-order valence-electron chi connectivity index (χ0n) is 12.9. The van der Waals surface area contributed by atoms with Crippen molar-refractivity contribution < 1.29 is 13.6 Å². The highest BCUT2D eigenvalue weighted by Crippen LogP contribution is 2.26. The molecule has 2 heterocycles. The summed E-state index contributed by atoms with van der Waals surface area (Å²) in [5.41, 5.74) is 4.08. The standard InChI is InChI=1S/C19H14N2O3/c1-12-4-6-13(7-5-12)19-21-15-11-14(8-9-16(15)24-19)20-18(22)17-3-2-10-23-17/h2-11H,1H3,(H,20,22). The number of amides is 1. The van der Waals surface area contributed by atoms with Crippen LogP contribution in [0.5, 0.6) is 0 Å². The maximum atomic E-state index is 12.0. The van der Waals surface area contributed by atoms with E-state index in [4.69, 9.17) is 8.83 Å². The lowest BCUT2D eigenvalue weighted by Crippen LogP contribution is -2.10. The first-order chi connectivity index (χ1) is 11.7. The maximum Gasteiger partial charge on any atom is 0.291 e. The van der Waals surface area contributed by atoms with E-state index in [9.17, 15) is 4.79 Å². The van der Waals surface area contributed by atoms with Crippen LogP contribution in [0, 0.1) is 6.92 Å². The van der Waals surface area contributed by atoms with E-state index in [2.05, 4.69) is 10.3 Å². The van der Waals surface area contributed by atoms with E-state index < -0.39 is 0 Å². The molecule has 4 rings (SSSR count). The molecule has 0 aliphatic heterocycles. The normalized spacial score (nSPS) is 10.9. The molecule has 5 heteroatoms. The monoisotopic (exact) mass is 318 g/mol. The van der Waals surface area contributed by atoms with E-state index >= 15 is 0 Å². The summed E-state index contributed by atoms with van der Waals surface area (Å²) in [4.78, 5) is 16.5. The Bertz CT molecular complexity index is 999. The molecule has 1 amide bonds. The molecule has 0 saturated carbocycles. The number of rotatable bonds is 3. The van der Waals surface area contributed by atoms with Gasteiger partial charge in [0.2, 0.25) is 5.89 Å². The van der Waals surface area contributed by atoms with Crippen LogP contribution in [-0.4, -0.2) is 10.9 Å². The Morgan fingerprint density at radius 1 is 1.08 bits per heavy atom. The minimum Gasteiger partial charge on any atom is -0.459 e. The van der Waals surface area contributed by atoms with E-state index in [1.807, 2.05) is 31.2 Å². The van der Waals surface area contributed by atoms with Gasteiger partial charge < -0.3 is 14.2 Å². The summed E-state index contributed by atoms with van der Waals surface area (Å²) in [7, 11) is 0. The predicted molar refractivity (Wildman–Crippen MR) is 90.8 cm³/mol.